The maximum Gasteiger partial charge on any atom is 0.348 e. The lowest BCUT2D eigenvalue weighted by Gasteiger charge is -1.91. The minimum absolute atomic E-state index is 0.264. The predicted octanol–water partition coefficient (Wildman–Crippen LogP) is 2.86. The number of thiophene rings is 1. The third-order valence-corrected chi connectivity index (χ3v) is 3.69. The van der Waals surface area contributed by atoms with Crippen molar-refractivity contribution in [1.82, 2.24) is 0 Å². The molecule has 1 heterocycles. The van der Waals surface area contributed by atoms with Crippen LogP contribution in [0.25, 0.3) is 0 Å². The smallest absolute Gasteiger partial charge is 0.348 e. The molecule has 2 nitrogen and oxygen atoms in total. The fourth-order valence-electron chi connectivity index (χ4n) is 0.849. The number of esters is 1. The molecule has 0 fully saturated rings. The molecule has 0 amide bonds. The molecule has 0 aromatic carbocycles. The molecule has 0 bridgehead atoms. The molecule has 0 N–H and O–H groups in total. The molecule has 0 aliphatic carbocycles. The second-order valence-electron chi connectivity index (χ2n) is 2.23. The van der Waals surface area contributed by atoms with Gasteiger partial charge in [-0.1, -0.05) is 6.92 Å². The van der Waals surface area contributed by atoms with Crippen molar-refractivity contribution in [2.45, 2.75) is 13.3 Å². The molecule has 1 aromatic rings. The molecular weight excluding hydrogens is 240 g/mol. The van der Waals surface area contributed by atoms with Crippen molar-refractivity contribution in [3.63, 3.8) is 0 Å². The monoisotopic (exact) mass is 248 g/mol. The van der Waals surface area contributed by atoms with Crippen LogP contribution in [0.3, 0.4) is 0 Å². The number of hydrogen-bond acceptors (Lipinski definition) is 3. The van der Waals surface area contributed by atoms with E-state index in [-0.39, 0.29) is 5.97 Å². The predicted molar refractivity (Wildman–Crippen MR) is 52.7 cm³/mol. The molecule has 1 rings (SSSR count). The van der Waals surface area contributed by atoms with Gasteiger partial charge in [-0.15, -0.1) is 11.3 Å². The van der Waals surface area contributed by atoms with Crippen LogP contribution in [-0.4, -0.2) is 13.1 Å². The van der Waals surface area contributed by atoms with Gasteiger partial charge >= 0.3 is 5.97 Å². The number of aryl methyl sites for hydroxylation is 1. The highest BCUT2D eigenvalue weighted by atomic mass is 79.9. The van der Waals surface area contributed by atoms with Crippen molar-refractivity contribution >= 4 is 33.2 Å². The Bertz CT molecular complexity index is 293. The molecule has 0 radical (unpaired) electrons. The van der Waals surface area contributed by atoms with E-state index >= 15 is 0 Å². The molecule has 0 spiro atoms. The van der Waals surface area contributed by atoms with Crippen LogP contribution in [0, 0.1) is 0 Å². The van der Waals surface area contributed by atoms with Gasteiger partial charge in [-0.2, -0.15) is 0 Å². The first-order valence-corrected chi connectivity index (χ1v) is 5.16. The number of ether oxygens (including phenoxy) is 1. The zero-order chi connectivity index (χ0) is 9.14. The quantitative estimate of drug-likeness (QED) is 0.753. The summed E-state index contributed by atoms with van der Waals surface area (Å²) in [4.78, 5) is 12.9. The molecular formula is C8H9BrO2S. The standard InChI is InChI=1S/C8H9BrO2S/c1-3-6-5(9)4-7(12-6)8(10)11-2/h4H,3H2,1-2H3. The summed E-state index contributed by atoms with van der Waals surface area (Å²) in [5, 5.41) is 0. The fourth-order valence-corrected chi connectivity index (χ4v) is 2.66. The topological polar surface area (TPSA) is 26.3 Å². The van der Waals surface area contributed by atoms with Crippen LogP contribution in [0.1, 0.15) is 21.5 Å². The summed E-state index contributed by atoms with van der Waals surface area (Å²) in [5.74, 6) is -0.264. The van der Waals surface area contributed by atoms with Gasteiger partial charge in [-0.25, -0.2) is 4.79 Å². The molecule has 0 saturated carbocycles. The van der Waals surface area contributed by atoms with Gasteiger partial charge in [0, 0.05) is 9.35 Å². The van der Waals surface area contributed by atoms with Crippen molar-refractivity contribution < 1.29 is 9.53 Å². The minimum Gasteiger partial charge on any atom is -0.465 e. The largest absolute Gasteiger partial charge is 0.465 e. The summed E-state index contributed by atoms with van der Waals surface area (Å²) in [7, 11) is 1.39. The second-order valence-corrected chi connectivity index (χ2v) is 4.22. The van der Waals surface area contributed by atoms with E-state index in [2.05, 4.69) is 27.6 Å². The first-order chi connectivity index (χ1) is 5.69. The van der Waals surface area contributed by atoms with Crippen LogP contribution < -0.4 is 0 Å². The third-order valence-electron chi connectivity index (χ3n) is 1.47. The maximum atomic E-state index is 11.1. The number of carbonyl (C=O) groups excluding carboxylic acids is 1. The van der Waals surface area contributed by atoms with E-state index < -0.39 is 0 Å². The first-order valence-electron chi connectivity index (χ1n) is 3.55. The molecule has 0 aliphatic rings. The first kappa shape index (κ1) is 9.74. The van der Waals surface area contributed by atoms with E-state index in [1.54, 1.807) is 6.07 Å². The van der Waals surface area contributed by atoms with Gasteiger partial charge < -0.3 is 4.74 Å². The summed E-state index contributed by atoms with van der Waals surface area (Å²) >= 11 is 4.85. The molecule has 0 atom stereocenters. The van der Waals surface area contributed by atoms with Gasteiger partial charge in [0.1, 0.15) is 4.88 Å². The molecule has 66 valence electrons. The van der Waals surface area contributed by atoms with E-state index in [9.17, 15) is 4.79 Å². The van der Waals surface area contributed by atoms with E-state index in [4.69, 9.17) is 0 Å². The molecule has 0 unspecified atom stereocenters. The van der Waals surface area contributed by atoms with Crippen molar-refractivity contribution in [2.75, 3.05) is 7.11 Å². The zero-order valence-corrected chi connectivity index (χ0v) is 9.29. The maximum absolute atomic E-state index is 11.1. The molecule has 0 saturated heterocycles. The van der Waals surface area contributed by atoms with E-state index in [1.807, 2.05) is 0 Å². The van der Waals surface area contributed by atoms with Crippen LogP contribution in [0.5, 0.6) is 0 Å². The SMILES string of the molecule is CCc1sc(C(=O)OC)cc1Br. The van der Waals surface area contributed by atoms with Crippen LogP contribution in [0.4, 0.5) is 0 Å². The van der Waals surface area contributed by atoms with E-state index in [0.717, 1.165) is 10.9 Å². The summed E-state index contributed by atoms with van der Waals surface area (Å²) < 4.78 is 5.60. The lowest BCUT2D eigenvalue weighted by molar-refractivity contribution is 0.0606. The molecule has 4 heteroatoms. The molecule has 12 heavy (non-hydrogen) atoms. The Morgan fingerprint density at radius 1 is 1.75 bits per heavy atom. The van der Waals surface area contributed by atoms with Gasteiger partial charge in [0.15, 0.2) is 0 Å². The van der Waals surface area contributed by atoms with Gasteiger partial charge in [0.2, 0.25) is 0 Å². The van der Waals surface area contributed by atoms with E-state index in [0.29, 0.717) is 4.88 Å². The number of carbonyl (C=O) groups is 1. The average Bonchev–Trinajstić information content (AvgIpc) is 2.45. The highest BCUT2D eigenvalue weighted by molar-refractivity contribution is 9.10. The lowest BCUT2D eigenvalue weighted by atomic mass is 10.4. The Hall–Kier alpha value is -0.350. The number of rotatable bonds is 2. The van der Waals surface area contributed by atoms with Crippen molar-refractivity contribution in [3.8, 4) is 0 Å². The van der Waals surface area contributed by atoms with Gasteiger partial charge in [0.25, 0.3) is 0 Å². The Morgan fingerprint density at radius 3 is 2.83 bits per heavy atom. The molecule has 0 aliphatic heterocycles. The lowest BCUT2D eigenvalue weighted by Crippen LogP contribution is -1.96. The Balaban J connectivity index is 2.96. The van der Waals surface area contributed by atoms with Crippen LogP contribution in [0.15, 0.2) is 10.5 Å². The number of halogens is 1. The van der Waals surface area contributed by atoms with Crippen molar-refractivity contribution in [3.05, 3.63) is 20.3 Å². The highest BCUT2D eigenvalue weighted by Crippen LogP contribution is 2.28. The Morgan fingerprint density at radius 2 is 2.42 bits per heavy atom. The summed E-state index contributed by atoms with van der Waals surface area (Å²) in [6.07, 6.45) is 0.933. The third kappa shape index (κ3) is 1.87. The van der Waals surface area contributed by atoms with Crippen LogP contribution >= 0.6 is 27.3 Å². The van der Waals surface area contributed by atoms with Crippen molar-refractivity contribution in [1.29, 1.82) is 0 Å². The van der Waals surface area contributed by atoms with Crippen LogP contribution in [0.2, 0.25) is 0 Å². The van der Waals surface area contributed by atoms with Crippen LogP contribution in [-0.2, 0) is 11.2 Å². The zero-order valence-electron chi connectivity index (χ0n) is 6.89. The Labute approximate surface area is 83.7 Å². The van der Waals surface area contributed by atoms with Gasteiger partial charge in [0.05, 0.1) is 7.11 Å². The normalized spacial score (nSPS) is 9.92. The molecule has 1 aromatic heterocycles. The average molecular weight is 249 g/mol. The summed E-state index contributed by atoms with van der Waals surface area (Å²) in [6, 6.07) is 1.80. The Kier molecular flexibility index (Phi) is 3.29. The van der Waals surface area contributed by atoms with Crippen molar-refractivity contribution in [2.24, 2.45) is 0 Å². The number of hydrogen-bond donors (Lipinski definition) is 0. The second kappa shape index (κ2) is 4.05. The summed E-state index contributed by atoms with van der Waals surface area (Å²) in [6.45, 7) is 2.05. The van der Waals surface area contributed by atoms with Gasteiger partial charge in [-0.05, 0) is 28.4 Å². The van der Waals surface area contributed by atoms with Gasteiger partial charge in [-0.3, -0.25) is 0 Å². The highest BCUT2D eigenvalue weighted by Gasteiger charge is 2.11. The fraction of sp³-hybridized carbons (Fsp3) is 0.375. The minimum atomic E-state index is -0.264. The summed E-state index contributed by atoms with van der Waals surface area (Å²) in [5.41, 5.74) is 0. The van der Waals surface area contributed by atoms with E-state index in [1.165, 1.54) is 23.3 Å². The number of methoxy groups -OCH3 is 1.